The van der Waals surface area contributed by atoms with Crippen LogP contribution in [0.15, 0.2) is 12.1 Å². The van der Waals surface area contributed by atoms with Crippen LogP contribution < -0.4 is 0 Å². The van der Waals surface area contributed by atoms with Crippen LogP contribution in [0.4, 0.5) is 0 Å². The largest absolute Gasteiger partial charge is 0.393 e. The average molecular weight is 222 g/mol. The van der Waals surface area contributed by atoms with Gasteiger partial charge in [-0.05, 0) is 50.3 Å². The Bertz CT molecular complexity index is 322. The van der Waals surface area contributed by atoms with E-state index in [0.29, 0.717) is 13.0 Å². The normalized spacial score (nSPS) is 12.8. The number of hydrogen-bond donors (Lipinski definition) is 1. The molecule has 1 atom stereocenters. The van der Waals surface area contributed by atoms with Gasteiger partial charge in [-0.3, -0.25) is 0 Å². The van der Waals surface area contributed by atoms with E-state index in [1.54, 1.807) is 7.11 Å². The van der Waals surface area contributed by atoms with E-state index in [0.717, 1.165) is 6.42 Å². The zero-order valence-corrected chi connectivity index (χ0v) is 10.7. The molecule has 0 aliphatic heterocycles. The number of aliphatic hydroxyl groups is 1. The van der Waals surface area contributed by atoms with Crippen molar-refractivity contribution >= 4 is 0 Å². The predicted molar refractivity (Wildman–Crippen MR) is 66.9 cm³/mol. The number of aryl methyl sites for hydroxylation is 3. The third-order valence-corrected chi connectivity index (χ3v) is 2.94. The molecular formula is C14H22O2. The van der Waals surface area contributed by atoms with Crippen LogP contribution in [-0.2, 0) is 11.2 Å². The van der Waals surface area contributed by atoms with Gasteiger partial charge in [0, 0.05) is 13.7 Å². The fraction of sp³-hybridized carbons (Fsp3) is 0.571. The molecule has 0 spiro atoms. The van der Waals surface area contributed by atoms with Crippen molar-refractivity contribution in [3.63, 3.8) is 0 Å². The number of rotatable bonds is 5. The van der Waals surface area contributed by atoms with Gasteiger partial charge in [0.1, 0.15) is 0 Å². The minimum Gasteiger partial charge on any atom is -0.393 e. The topological polar surface area (TPSA) is 29.5 Å². The summed E-state index contributed by atoms with van der Waals surface area (Å²) in [6.07, 6.45) is 1.12. The Balaban J connectivity index is 2.73. The Morgan fingerprint density at radius 3 is 2.25 bits per heavy atom. The summed E-state index contributed by atoms with van der Waals surface area (Å²) < 4.78 is 4.97. The lowest BCUT2D eigenvalue weighted by atomic mass is 9.94. The molecule has 1 N–H and O–H groups in total. The van der Waals surface area contributed by atoms with Gasteiger partial charge in [0.05, 0.1) is 6.10 Å². The van der Waals surface area contributed by atoms with Crippen LogP contribution in [0.2, 0.25) is 0 Å². The molecule has 0 amide bonds. The van der Waals surface area contributed by atoms with E-state index in [4.69, 9.17) is 4.74 Å². The van der Waals surface area contributed by atoms with E-state index in [2.05, 4.69) is 32.9 Å². The third-order valence-electron chi connectivity index (χ3n) is 2.94. The van der Waals surface area contributed by atoms with E-state index in [9.17, 15) is 5.11 Å². The standard InChI is InChI=1S/C14H22O2/c1-10-7-11(2)14(12(3)8-10)9-13(15)5-6-16-4/h7-8,13,15H,5-6,9H2,1-4H3. The van der Waals surface area contributed by atoms with Gasteiger partial charge in [0.25, 0.3) is 0 Å². The lowest BCUT2D eigenvalue weighted by molar-refractivity contribution is 0.110. The summed E-state index contributed by atoms with van der Waals surface area (Å²) in [6.45, 7) is 6.94. The quantitative estimate of drug-likeness (QED) is 0.829. The zero-order valence-electron chi connectivity index (χ0n) is 10.7. The Labute approximate surface area is 98.3 Å². The van der Waals surface area contributed by atoms with Crippen LogP contribution in [0, 0.1) is 20.8 Å². The molecule has 0 aliphatic rings. The van der Waals surface area contributed by atoms with E-state index in [1.165, 1.54) is 22.3 Å². The molecule has 90 valence electrons. The third kappa shape index (κ3) is 3.62. The lowest BCUT2D eigenvalue weighted by Crippen LogP contribution is -2.14. The smallest absolute Gasteiger partial charge is 0.0602 e. The maximum atomic E-state index is 9.87. The number of hydrogen-bond acceptors (Lipinski definition) is 2. The Morgan fingerprint density at radius 2 is 1.75 bits per heavy atom. The second-order valence-corrected chi connectivity index (χ2v) is 4.52. The van der Waals surface area contributed by atoms with Crippen LogP contribution >= 0.6 is 0 Å². The van der Waals surface area contributed by atoms with Gasteiger partial charge in [0.15, 0.2) is 0 Å². The second kappa shape index (κ2) is 6.02. The van der Waals surface area contributed by atoms with Gasteiger partial charge < -0.3 is 9.84 Å². The first-order valence-electron chi connectivity index (χ1n) is 5.78. The maximum Gasteiger partial charge on any atom is 0.0602 e. The van der Waals surface area contributed by atoms with Gasteiger partial charge >= 0.3 is 0 Å². The summed E-state index contributed by atoms with van der Waals surface area (Å²) in [5, 5.41) is 9.87. The summed E-state index contributed by atoms with van der Waals surface area (Å²) in [7, 11) is 1.66. The summed E-state index contributed by atoms with van der Waals surface area (Å²) >= 11 is 0. The highest BCUT2D eigenvalue weighted by Gasteiger charge is 2.10. The fourth-order valence-electron chi connectivity index (χ4n) is 2.12. The van der Waals surface area contributed by atoms with Gasteiger partial charge in [-0.15, -0.1) is 0 Å². The summed E-state index contributed by atoms with van der Waals surface area (Å²) in [4.78, 5) is 0. The Morgan fingerprint density at radius 1 is 1.19 bits per heavy atom. The number of aliphatic hydroxyl groups excluding tert-OH is 1. The summed E-state index contributed by atoms with van der Waals surface area (Å²) in [6, 6.07) is 4.34. The molecule has 2 heteroatoms. The van der Waals surface area contributed by atoms with Crippen LogP contribution in [0.3, 0.4) is 0 Å². The highest BCUT2D eigenvalue weighted by atomic mass is 16.5. The van der Waals surface area contributed by atoms with E-state index in [-0.39, 0.29) is 6.10 Å². The fourth-order valence-corrected chi connectivity index (χ4v) is 2.12. The number of benzene rings is 1. The molecule has 16 heavy (non-hydrogen) atoms. The van der Waals surface area contributed by atoms with Gasteiger partial charge in [0.2, 0.25) is 0 Å². The SMILES string of the molecule is COCCC(O)Cc1c(C)cc(C)cc1C. The molecule has 0 saturated heterocycles. The molecule has 0 aromatic heterocycles. The molecule has 0 heterocycles. The first-order valence-corrected chi connectivity index (χ1v) is 5.78. The Kier molecular flexibility index (Phi) is 4.97. The first-order chi connectivity index (χ1) is 7.54. The molecule has 1 aromatic rings. The average Bonchev–Trinajstić information content (AvgIpc) is 2.20. The molecule has 1 unspecified atom stereocenters. The van der Waals surface area contributed by atoms with Crippen molar-refractivity contribution in [1.82, 2.24) is 0 Å². The molecule has 2 nitrogen and oxygen atoms in total. The summed E-state index contributed by atoms with van der Waals surface area (Å²) in [5.74, 6) is 0. The number of ether oxygens (including phenoxy) is 1. The van der Waals surface area contributed by atoms with Crippen molar-refractivity contribution in [3.8, 4) is 0 Å². The van der Waals surface area contributed by atoms with Crippen LogP contribution in [0.25, 0.3) is 0 Å². The molecule has 0 radical (unpaired) electrons. The highest BCUT2D eigenvalue weighted by molar-refractivity contribution is 5.37. The lowest BCUT2D eigenvalue weighted by Gasteiger charge is -2.15. The summed E-state index contributed by atoms with van der Waals surface area (Å²) in [5.41, 5.74) is 5.10. The van der Waals surface area contributed by atoms with Crippen molar-refractivity contribution in [2.24, 2.45) is 0 Å². The Hall–Kier alpha value is -0.860. The minimum atomic E-state index is -0.306. The maximum absolute atomic E-state index is 9.87. The zero-order chi connectivity index (χ0) is 12.1. The van der Waals surface area contributed by atoms with E-state index in [1.807, 2.05) is 0 Å². The van der Waals surface area contributed by atoms with Gasteiger partial charge in [-0.2, -0.15) is 0 Å². The van der Waals surface area contributed by atoms with Crippen LogP contribution in [0.5, 0.6) is 0 Å². The molecule has 1 aromatic carbocycles. The van der Waals surface area contributed by atoms with Crippen LogP contribution in [-0.4, -0.2) is 24.9 Å². The van der Waals surface area contributed by atoms with E-state index < -0.39 is 0 Å². The monoisotopic (exact) mass is 222 g/mol. The van der Waals surface area contributed by atoms with Crippen molar-refractivity contribution in [2.75, 3.05) is 13.7 Å². The van der Waals surface area contributed by atoms with Crippen LogP contribution in [0.1, 0.15) is 28.7 Å². The van der Waals surface area contributed by atoms with Crippen molar-refractivity contribution < 1.29 is 9.84 Å². The van der Waals surface area contributed by atoms with E-state index >= 15 is 0 Å². The van der Waals surface area contributed by atoms with Gasteiger partial charge in [-0.1, -0.05) is 17.7 Å². The predicted octanol–water partition coefficient (Wildman–Crippen LogP) is 2.55. The molecular weight excluding hydrogens is 200 g/mol. The highest BCUT2D eigenvalue weighted by Crippen LogP contribution is 2.18. The van der Waals surface area contributed by atoms with Gasteiger partial charge in [-0.25, -0.2) is 0 Å². The molecule has 1 rings (SSSR count). The van der Waals surface area contributed by atoms with Crippen molar-refractivity contribution in [3.05, 3.63) is 34.4 Å². The molecule has 0 fully saturated rings. The minimum absolute atomic E-state index is 0.306. The molecule has 0 saturated carbocycles. The number of methoxy groups -OCH3 is 1. The van der Waals surface area contributed by atoms with Crippen molar-refractivity contribution in [1.29, 1.82) is 0 Å². The molecule has 0 aliphatic carbocycles. The molecule has 0 bridgehead atoms. The van der Waals surface area contributed by atoms with Crippen molar-refractivity contribution in [2.45, 2.75) is 39.7 Å². The second-order valence-electron chi connectivity index (χ2n) is 4.52. The first kappa shape index (κ1) is 13.2.